The van der Waals surface area contributed by atoms with E-state index in [1.54, 1.807) is 4.68 Å². The van der Waals surface area contributed by atoms with Gasteiger partial charge in [-0.2, -0.15) is 5.10 Å². The number of urea groups is 1. The maximum absolute atomic E-state index is 12.4. The number of para-hydroxylation sites is 2. The largest absolute Gasteiger partial charge is 0.324 e. The summed E-state index contributed by atoms with van der Waals surface area (Å²) in [6.45, 7) is 6.29. The number of carbonyl (C=O) groups excluding carboxylic acids is 1. The minimum atomic E-state index is -0.302. The van der Waals surface area contributed by atoms with Crippen LogP contribution in [0.1, 0.15) is 26.5 Å². The number of amides is 2. The first-order valence-electron chi connectivity index (χ1n) is 8.22. The van der Waals surface area contributed by atoms with Crippen molar-refractivity contribution < 1.29 is 4.79 Å². The van der Waals surface area contributed by atoms with E-state index >= 15 is 0 Å². The predicted molar refractivity (Wildman–Crippen MR) is 101 cm³/mol. The van der Waals surface area contributed by atoms with Crippen molar-refractivity contribution in [3.8, 4) is 5.69 Å². The summed E-state index contributed by atoms with van der Waals surface area (Å²) in [4.78, 5) is 12.4. The second kappa shape index (κ2) is 6.81. The normalized spacial score (nSPS) is 11.2. The van der Waals surface area contributed by atoms with Crippen LogP contribution in [0, 0.1) is 0 Å². The van der Waals surface area contributed by atoms with Crippen LogP contribution in [0.15, 0.2) is 66.7 Å². The number of benzene rings is 2. The lowest BCUT2D eigenvalue weighted by Crippen LogP contribution is -2.21. The van der Waals surface area contributed by atoms with Crippen molar-refractivity contribution in [3.05, 3.63) is 72.4 Å². The Labute approximate surface area is 147 Å². The Bertz CT molecular complexity index is 848. The first-order chi connectivity index (χ1) is 11.9. The molecular weight excluding hydrogens is 312 g/mol. The van der Waals surface area contributed by atoms with Gasteiger partial charge in [-0.15, -0.1) is 0 Å². The highest BCUT2D eigenvalue weighted by atomic mass is 16.2. The number of nitrogens with zero attached hydrogens (tertiary/aromatic N) is 2. The van der Waals surface area contributed by atoms with Crippen LogP contribution < -0.4 is 10.6 Å². The summed E-state index contributed by atoms with van der Waals surface area (Å²) in [5, 5.41) is 10.4. The molecule has 0 aliphatic heterocycles. The number of hydrogen-bond donors (Lipinski definition) is 2. The van der Waals surface area contributed by atoms with E-state index in [2.05, 4.69) is 36.5 Å². The van der Waals surface area contributed by atoms with Crippen LogP contribution in [0.2, 0.25) is 0 Å². The van der Waals surface area contributed by atoms with Gasteiger partial charge < -0.3 is 5.32 Å². The van der Waals surface area contributed by atoms with Gasteiger partial charge in [-0.05, 0) is 24.3 Å². The number of nitrogens with one attached hydrogen (secondary N) is 2. The summed E-state index contributed by atoms with van der Waals surface area (Å²) in [5.41, 5.74) is 2.42. The lowest BCUT2D eigenvalue weighted by Gasteiger charge is -2.14. The molecule has 5 heteroatoms. The number of rotatable bonds is 3. The molecule has 1 heterocycles. The molecular formula is C20H22N4O. The minimum Gasteiger partial charge on any atom is -0.308 e. The average molecular weight is 334 g/mol. The van der Waals surface area contributed by atoms with Gasteiger partial charge in [-0.3, -0.25) is 5.32 Å². The van der Waals surface area contributed by atoms with Crippen molar-refractivity contribution in [1.82, 2.24) is 9.78 Å². The van der Waals surface area contributed by atoms with Gasteiger partial charge in [-0.25, -0.2) is 9.48 Å². The quantitative estimate of drug-likeness (QED) is 0.722. The van der Waals surface area contributed by atoms with E-state index in [1.807, 2.05) is 66.7 Å². The van der Waals surface area contributed by atoms with Crippen molar-refractivity contribution >= 4 is 17.5 Å². The highest BCUT2D eigenvalue weighted by molar-refractivity contribution is 5.99. The van der Waals surface area contributed by atoms with Gasteiger partial charge in [0.15, 0.2) is 0 Å². The molecule has 0 fully saturated rings. The molecule has 3 aromatic rings. The Morgan fingerprint density at radius 1 is 0.920 bits per heavy atom. The summed E-state index contributed by atoms with van der Waals surface area (Å²) in [6.07, 6.45) is 0. The molecule has 0 saturated heterocycles. The van der Waals surface area contributed by atoms with Crippen LogP contribution in [-0.4, -0.2) is 15.8 Å². The van der Waals surface area contributed by atoms with Gasteiger partial charge >= 0.3 is 6.03 Å². The Hall–Kier alpha value is -3.08. The van der Waals surface area contributed by atoms with Gasteiger partial charge in [0.05, 0.1) is 11.4 Å². The van der Waals surface area contributed by atoms with Crippen molar-refractivity contribution in [3.63, 3.8) is 0 Å². The summed E-state index contributed by atoms with van der Waals surface area (Å²) < 4.78 is 1.76. The number of carbonyl (C=O) groups is 1. The van der Waals surface area contributed by atoms with Crippen LogP contribution in [0.5, 0.6) is 0 Å². The third kappa shape index (κ3) is 4.07. The van der Waals surface area contributed by atoms with Crippen molar-refractivity contribution in [2.75, 3.05) is 10.6 Å². The summed E-state index contributed by atoms with van der Waals surface area (Å²) in [7, 11) is 0. The van der Waals surface area contributed by atoms with Crippen LogP contribution in [0.3, 0.4) is 0 Å². The fourth-order valence-corrected chi connectivity index (χ4v) is 2.40. The van der Waals surface area contributed by atoms with Crippen LogP contribution in [0.25, 0.3) is 5.69 Å². The zero-order valence-corrected chi connectivity index (χ0v) is 14.7. The number of aromatic nitrogens is 2. The smallest absolute Gasteiger partial charge is 0.308 e. The summed E-state index contributed by atoms with van der Waals surface area (Å²) in [5.74, 6) is 0.629. The van der Waals surface area contributed by atoms with Crippen molar-refractivity contribution in [2.24, 2.45) is 0 Å². The van der Waals surface area contributed by atoms with Crippen molar-refractivity contribution in [1.29, 1.82) is 0 Å². The fourth-order valence-electron chi connectivity index (χ4n) is 2.40. The second-order valence-corrected chi connectivity index (χ2v) is 6.86. The third-order valence-corrected chi connectivity index (χ3v) is 3.75. The molecule has 0 saturated carbocycles. The molecule has 0 bridgehead atoms. The van der Waals surface area contributed by atoms with E-state index in [0.29, 0.717) is 5.82 Å². The highest BCUT2D eigenvalue weighted by Gasteiger charge is 2.21. The van der Waals surface area contributed by atoms with Gasteiger partial charge in [0.2, 0.25) is 0 Å². The average Bonchev–Trinajstić information content (AvgIpc) is 3.00. The Balaban J connectivity index is 1.89. The standard InChI is InChI=1S/C20H22N4O/c1-20(2,3)17-14-18(24(23-17)16-12-8-5-9-13-16)22-19(25)21-15-10-6-4-7-11-15/h4-14H,1-3H3,(H2,21,22,25). The summed E-state index contributed by atoms with van der Waals surface area (Å²) in [6, 6.07) is 20.7. The maximum atomic E-state index is 12.4. The van der Waals surface area contributed by atoms with Gasteiger partial charge in [-0.1, -0.05) is 57.2 Å². The molecule has 0 aliphatic rings. The molecule has 0 atom stereocenters. The molecule has 3 rings (SSSR count). The molecule has 2 N–H and O–H groups in total. The molecule has 25 heavy (non-hydrogen) atoms. The van der Waals surface area contributed by atoms with Crippen LogP contribution >= 0.6 is 0 Å². The molecule has 0 radical (unpaired) electrons. The van der Waals surface area contributed by atoms with Gasteiger partial charge in [0, 0.05) is 17.2 Å². The van der Waals surface area contributed by atoms with E-state index in [1.165, 1.54) is 0 Å². The van der Waals surface area contributed by atoms with Gasteiger partial charge in [0.25, 0.3) is 0 Å². The Morgan fingerprint density at radius 3 is 2.12 bits per heavy atom. The first-order valence-corrected chi connectivity index (χ1v) is 8.22. The fraction of sp³-hybridized carbons (Fsp3) is 0.200. The number of anilines is 2. The Morgan fingerprint density at radius 2 is 1.52 bits per heavy atom. The third-order valence-electron chi connectivity index (χ3n) is 3.75. The zero-order chi connectivity index (χ0) is 17.9. The summed E-state index contributed by atoms with van der Waals surface area (Å²) >= 11 is 0. The van der Waals surface area contributed by atoms with Gasteiger partial charge in [0.1, 0.15) is 5.82 Å². The molecule has 2 amide bonds. The monoisotopic (exact) mass is 334 g/mol. The Kier molecular flexibility index (Phi) is 4.57. The topological polar surface area (TPSA) is 59.0 Å². The van der Waals surface area contributed by atoms with Crippen molar-refractivity contribution in [2.45, 2.75) is 26.2 Å². The first kappa shape index (κ1) is 16.8. The van der Waals surface area contributed by atoms with E-state index < -0.39 is 0 Å². The molecule has 0 spiro atoms. The molecule has 2 aromatic carbocycles. The number of hydrogen-bond acceptors (Lipinski definition) is 2. The van der Waals surface area contributed by atoms with E-state index in [-0.39, 0.29) is 11.4 Å². The second-order valence-electron chi connectivity index (χ2n) is 6.86. The lowest BCUT2D eigenvalue weighted by molar-refractivity contribution is 0.262. The maximum Gasteiger partial charge on any atom is 0.324 e. The van der Waals surface area contributed by atoms with Crippen LogP contribution in [0.4, 0.5) is 16.3 Å². The molecule has 128 valence electrons. The SMILES string of the molecule is CC(C)(C)c1cc(NC(=O)Nc2ccccc2)n(-c2ccccc2)n1. The van der Waals surface area contributed by atoms with E-state index in [0.717, 1.165) is 17.1 Å². The molecule has 5 nitrogen and oxygen atoms in total. The zero-order valence-electron chi connectivity index (χ0n) is 14.7. The van der Waals surface area contributed by atoms with E-state index in [4.69, 9.17) is 0 Å². The predicted octanol–water partition coefficient (Wildman–Crippen LogP) is 4.81. The molecule has 0 unspecified atom stereocenters. The molecule has 0 aliphatic carbocycles. The minimum absolute atomic E-state index is 0.119. The van der Waals surface area contributed by atoms with E-state index in [9.17, 15) is 4.79 Å². The lowest BCUT2D eigenvalue weighted by atomic mass is 9.92. The highest BCUT2D eigenvalue weighted by Crippen LogP contribution is 2.26. The molecule has 1 aromatic heterocycles. The van der Waals surface area contributed by atoms with Crippen LogP contribution in [-0.2, 0) is 5.41 Å².